The first-order chi connectivity index (χ1) is 14.7. The number of rotatable bonds is 4. The number of nitrogens with one attached hydrogen (secondary N) is 1. The van der Waals surface area contributed by atoms with Crippen molar-refractivity contribution in [2.75, 3.05) is 12.3 Å². The first-order valence-electron chi connectivity index (χ1n) is 9.70. The van der Waals surface area contributed by atoms with Gasteiger partial charge in [0.1, 0.15) is 6.10 Å². The summed E-state index contributed by atoms with van der Waals surface area (Å²) < 4.78 is 46.1. The van der Waals surface area contributed by atoms with Crippen molar-refractivity contribution in [3.05, 3.63) is 70.1 Å². The van der Waals surface area contributed by atoms with Gasteiger partial charge in [-0.2, -0.15) is 13.2 Å². The van der Waals surface area contributed by atoms with Crippen LogP contribution in [0.3, 0.4) is 0 Å². The number of anilines is 1. The van der Waals surface area contributed by atoms with Gasteiger partial charge < -0.3 is 15.8 Å². The second-order valence-electron chi connectivity index (χ2n) is 7.35. The summed E-state index contributed by atoms with van der Waals surface area (Å²) in [6, 6.07) is 7.12. The third kappa shape index (κ3) is 4.60. The molecular formula is C22H20ClF3N4O. The van der Waals surface area contributed by atoms with Gasteiger partial charge in [-0.3, -0.25) is 4.98 Å². The van der Waals surface area contributed by atoms with E-state index in [1.54, 1.807) is 18.5 Å². The lowest BCUT2D eigenvalue weighted by Crippen LogP contribution is -2.24. The van der Waals surface area contributed by atoms with Gasteiger partial charge in [0.05, 0.1) is 11.3 Å². The highest BCUT2D eigenvalue weighted by atomic mass is 35.5. The molecule has 0 amide bonds. The Morgan fingerprint density at radius 3 is 2.65 bits per heavy atom. The quantitative estimate of drug-likeness (QED) is 0.575. The lowest BCUT2D eigenvalue weighted by atomic mass is 10.0. The molecule has 31 heavy (non-hydrogen) atoms. The molecule has 162 valence electrons. The molecule has 0 spiro atoms. The maximum absolute atomic E-state index is 13.4. The Kier molecular flexibility index (Phi) is 5.77. The molecule has 0 saturated carbocycles. The van der Waals surface area contributed by atoms with Gasteiger partial charge in [-0.05, 0) is 55.8 Å². The molecule has 9 heteroatoms. The van der Waals surface area contributed by atoms with E-state index in [9.17, 15) is 13.2 Å². The van der Waals surface area contributed by atoms with E-state index < -0.39 is 17.8 Å². The molecule has 3 N–H and O–H groups in total. The summed E-state index contributed by atoms with van der Waals surface area (Å²) in [5.74, 6) is 0.277. The predicted molar refractivity (Wildman–Crippen MR) is 113 cm³/mol. The van der Waals surface area contributed by atoms with E-state index >= 15 is 0 Å². The maximum atomic E-state index is 13.4. The van der Waals surface area contributed by atoms with Gasteiger partial charge in [0, 0.05) is 40.7 Å². The molecule has 0 bridgehead atoms. The molecule has 0 unspecified atom stereocenters. The number of alkyl halides is 3. The van der Waals surface area contributed by atoms with Gasteiger partial charge >= 0.3 is 6.18 Å². The summed E-state index contributed by atoms with van der Waals surface area (Å²) in [7, 11) is 0. The molecule has 1 aromatic carbocycles. The van der Waals surface area contributed by atoms with Gasteiger partial charge in [0.25, 0.3) is 0 Å². The highest BCUT2D eigenvalue weighted by molar-refractivity contribution is 6.30. The number of nitrogen functional groups attached to an aromatic ring is 1. The third-order valence-corrected chi connectivity index (χ3v) is 5.43. The van der Waals surface area contributed by atoms with Crippen LogP contribution in [0.15, 0.2) is 42.7 Å². The number of nitrogens with zero attached hydrogens (tertiary/aromatic N) is 2. The Balaban J connectivity index is 1.65. The van der Waals surface area contributed by atoms with E-state index in [2.05, 4.69) is 15.3 Å². The monoisotopic (exact) mass is 448 g/mol. The number of aromatic nitrogens is 2. The number of halogens is 4. The van der Waals surface area contributed by atoms with E-state index in [0.717, 1.165) is 42.4 Å². The topological polar surface area (TPSA) is 73.1 Å². The summed E-state index contributed by atoms with van der Waals surface area (Å²) in [5.41, 5.74) is 8.78. The normalized spacial score (nSPS) is 14.7. The lowest BCUT2D eigenvalue weighted by molar-refractivity contribution is -0.138. The van der Waals surface area contributed by atoms with Crippen LogP contribution in [0, 0.1) is 0 Å². The minimum absolute atomic E-state index is 0.0762. The largest absolute Gasteiger partial charge is 0.482 e. The summed E-state index contributed by atoms with van der Waals surface area (Å²) in [6.45, 7) is 3.12. The van der Waals surface area contributed by atoms with Crippen molar-refractivity contribution in [3.63, 3.8) is 0 Å². The fourth-order valence-electron chi connectivity index (χ4n) is 3.59. The van der Waals surface area contributed by atoms with Crippen LogP contribution < -0.4 is 15.8 Å². The Bertz CT molecular complexity index is 1120. The Morgan fingerprint density at radius 2 is 1.87 bits per heavy atom. The Hall–Kier alpha value is -2.84. The van der Waals surface area contributed by atoms with Crippen LogP contribution in [-0.4, -0.2) is 16.5 Å². The van der Waals surface area contributed by atoms with Crippen molar-refractivity contribution in [2.24, 2.45) is 0 Å². The number of fused-ring (bicyclic) bond motifs is 1. The second kappa shape index (κ2) is 8.36. The van der Waals surface area contributed by atoms with Crippen LogP contribution in [0.1, 0.15) is 35.4 Å². The van der Waals surface area contributed by atoms with E-state index in [1.165, 1.54) is 19.1 Å². The molecule has 1 atom stereocenters. The number of pyridine rings is 2. The number of nitrogens with two attached hydrogens (primary N) is 1. The van der Waals surface area contributed by atoms with Crippen molar-refractivity contribution in [3.8, 4) is 16.9 Å². The summed E-state index contributed by atoms with van der Waals surface area (Å²) in [4.78, 5) is 8.67. The van der Waals surface area contributed by atoms with Crippen molar-refractivity contribution in [1.29, 1.82) is 0 Å². The zero-order valence-electron chi connectivity index (χ0n) is 16.6. The molecule has 3 aromatic rings. The fraction of sp³-hybridized carbons (Fsp3) is 0.273. The van der Waals surface area contributed by atoms with E-state index in [4.69, 9.17) is 22.1 Å². The van der Waals surface area contributed by atoms with E-state index in [1.807, 2.05) is 6.07 Å². The van der Waals surface area contributed by atoms with Gasteiger partial charge in [-0.1, -0.05) is 11.6 Å². The molecule has 0 aliphatic carbocycles. The highest BCUT2D eigenvalue weighted by Gasteiger charge is 2.35. The zero-order valence-corrected chi connectivity index (χ0v) is 17.4. The smallest absolute Gasteiger partial charge is 0.416 e. The third-order valence-electron chi connectivity index (χ3n) is 5.20. The van der Waals surface area contributed by atoms with Crippen LogP contribution in [0.4, 0.5) is 19.0 Å². The van der Waals surface area contributed by atoms with E-state index in [-0.39, 0.29) is 22.2 Å². The average molecular weight is 449 g/mol. The van der Waals surface area contributed by atoms with Gasteiger partial charge in [-0.15, -0.1) is 0 Å². The molecule has 0 saturated heterocycles. The molecule has 0 radical (unpaired) electrons. The van der Waals surface area contributed by atoms with Crippen molar-refractivity contribution < 1.29 is 17.9 Å². The van der Waals surface area contributed by atoms with E-state index in [0.29, 0.717) is 5.56 Å². The molecule has 2 aromatic heterocycles. The number of ether oxygens (including phenoxy) is 1. The molecule has 3 heterocycles. The van der Waals surface area contributed by atoms with Crippen LogP contribution in [-0.2, 0) is 19.1 Å². The van der Waals surface area contributed by atoms with Crippen LogP contribution in [0.25, 0.3) is 11.1 Å². The Morgan fingerprint density at radius 1 is 1.13 bits per heavy atom. The first-order valence-corrected chi connectivity index (χ1v) is 10.1. The molecular weight excluding hydrogens is 429 g/mol. The number of hydrogen-bond donors (Lipinski definition) is 2. The standard InChI is InChI=1S/C22H20ClF3N4O/c1-12(17-8-16(23)2-3-18(17)22(24,25)26)31-20-7-15(10-30-21(20)27)14-6-13-4-5-28-11-19(13)29-9-14/h2-3,6-10,12,28H,4-5,11H2,1H3,(H2,27,30)/t12-/m1/s1. The summed E-state index contributed by atoms with van der Waals surface area (Å²) in [6.07, 6.45) is -1.29. The lowest BCUT2D eigenvalue weighted by Gasteiger charge is -2.21. The van der Waals surface area contributed by atoms with Gasteiger partial charge in [0.15, 0.2) is 11.6 Å². The molecule has 0 fully saturated rings. The second-order valence-corrected chi connectivity index (χ2v) is 7.79. The zero-order chi connectivity index (χ0) is 22.2. The summed E-state index contributed by atoms with van der Waals surface area (Å²) >= 11 is 5.94. The van der Waals surface area contributed by atoms with Crippen molar-refractivity contribution in [2.45, 2.75) is 32.2 Å². The summed E-state index contributed by atoms with van der Waals surface area (Å²) in [5, 5.41) is 3.46. The first kappa shape index (κ1) is 21.4. The minimum atomic E-state index is -4.53. The predicted octanol–water partition coefficient (Wildman–Crippen LogP) is 5.18. The fourth-order valence-corrected chi connectivity index (χ4v) is 3.77. The van der Waals surface area contributed by atoms with Crippen LogP contribution in [0.5, 0.6) is 5.75 Å². The molecule has 4 rings (SSSR count). The number of benzene rings is 1. The Labute approximate surface area is 182 Å². The highest BCUT2D eigenvalue weighted by Crippen LogP contribution is 2.38. The molecule has 1 aliphatic rings. The van der Waals surface area contributed by atoms with Gasteiger partial charge in [0.2, 0.25) is 0 Å². The van der Waals surface area contributed by atoms with Crippen LogP contribution in [0.2, 0.25) is 5.02 Å². The number of hydrogen-bond acceptors (Lipinski definition) is 5. The van der Waals surface area contributed by atoms with Crippen molar-refractivity contribution >= 4 is 17.4 Å². The van der Waals surface area contributed by atoms with Crippen molar-refractivity contribution in [1.82, 2.24) is 15.3 Å². The average Bonchev–Trinajstić information content (AvgIpc) is 2.74. The van der Waals surface area contributed by atoms with Gasteiger partial charge in [-0.25, -0.2) is 4.98 Å². The molecule has 1 aliphatic heterocycles. The molecule has 5 nitrogen and oxygen atoms in total. The maximum Gasteiger partial charge on any atom is 0.416 e. The van der Waals surface area contributed by atoms with Crippen LogP contribution >= 0.6 is 11.6 Å². The SMILES string of the molecule is C[C@@H](Oc1cc(-c2cnc3c(c2)CCNC3)cnc1N)c1cc(Cl)ccc1C(F)(F)F. The minimum Gasteiger partial charge on any atom is -0.482 e.